The summed E-state index contributed by atoms with van der Waals surface area (Å²) in [6.45, 7) is 3.83. The van der Waals surface area contributed by atoms with Crippen LogP contribution in [0.25, 0.3) is 11.0 Å². The molecule has 4 heterocycles. The van der Waals surface area contributed by atoms with Gasteiger partial charge in [-0.1, -0.05) is 71.6 Å². The average Bonchev–Trinajstić information content (AvgIpc) is 3.59. The monoisotopic (exact) mass is 566 g/mol. The Morgan fingerprint density at radius 2 is 1.68 bits per heavy atom. The van der Waals surface area contributed by atoms with Crippen molar-refractivity contribution in [3.05, 3.63) is 111 Å². The smallest absolute Gasteiger partial charge is 0.297 e. The van der Waals surface area contributed by atoms with Crippen molar-refractivity contribution in [1.82, 2.24) is 10.2 Å². The number of hydrogen-bond acceptors (Lipinski definition) is 8. The van der Waals surface area contributed by atoms with Crippen LogP contribution in [0.3, 0.4) is 0 Å². The normalized spacial score (nSPS) is 17.8. The van der Waals surface area contributed by atoms with Crippen LogP contribution in [0.4, 0.5) is 10.8 Å². The highest BCUT2D eigenvalue weighted by Crippen LogP contribution is 2.54. The number of aryl methyl sites for hydroxylation is 2. The van der Waals surface area contributed by atoms with Gasteiger partial charge in [0.25, 0.3) is 11.8 Å². The maximum atomic E-state index is 14.3. The van der Waals surface area contributed by atoms with Gasteiger partial charge in [0.05, 0.1) is 10.9 Å². The molecule has 1 spiro atoms. The quantitative estimate of drug-likeness (QED) is 0.211. The van der Waals surface area contributed by atoms with Crippen molar-refractivity contribution in [3.63, 3.8) is 0 Å². The van der Waals surface area contributed by atoms with Crippen LogP contribution in [0.2, 0.25) is 0 Å². The van der Waals surface area contributed by atoms with Gasteiger partial charge in [0.1, 0.15) is 5.58 Å². The minimum absolute atomic E-state index is 0.0174. The van der Waals surface area contributed by atoms with E-state index in [9.17, 15) is 14.4 Å². The third-order valence-electron chi connectivity index (χ3n) is 7.66. The van der Waals surface area contributed by atoms with E-state index in [1.165, 1.54) is 32.9 Å². The highest BCUT2D eigenvalue weighted by Gasteiger charge is 2.66. The van der Waals surface area contributed by atoms with Crippen LogP contribution >= 0.6 is 23.1 Å². The minimum atomic E-state index is -1.76. The molecule has 2 aliphatic heterocycles. The summed E-state index contributed by atoms with van der Waals surface area (Å²) in [5, 5.41) is 9.24. The van der Waals surface area contributed by atoms with Crippen molar-refractivity contribution in [2.45, 2.75) is 29.5 Å². The molecule has 0 bridgehead atoms. The molecule has 2 aliphatic rings. The molecule has 5 aromatic rings. The molecule has 1 unspecified atom stereocenters. The molecule has 0 radical (unpaired) electrons. The number of aromatic nitrogens is 2. The molecule has 0 N–H and O–H groups in total. The summed E-state index contributed by atoms with van der Waals surface area (Å²) in [6, 6.07) is 20.7. The van der Waals surface area contributed by atoms with Gasteiger partial charge in [-0.05, 0) is 48.7 Å². The molecule has 0 saturated heterocycles. The molecule has 7 rings (SSSR count). The number of thioether (sulfide) groups is 1. The van der Waals surface area contributed by atoms with Gasteiger partial charge in [-0.15, -0.1) is 10.2 Å². The van der Waals surface area contributed by atoms with Gasteiger partial charge in [-0.3, -0.25) is 19.3 Å². The van der Waals surface area contributed by atoms with Gasteiger partial charge in [0.2, 0.25) is 10.9 Å². The van der Waals surface area contributed by atoms with E-state index in [-0.39, 0.29) is 16.5 Å². The number of para-hydroxylation sites is 1. The summed E-state index contributed by atoms with van der Waals surface area (Å²) in [5.41, 5.74) is 2.26. The first kappa shape index (κ1) is 24.7. The molecule has 198 valence electrons. The number of nitrogens with zero attached hydrogens (tertiary/aromatic N) is 4. The van der Waals surface area contributed by atoms with E-state index in [0.29, 0.717) is 32.3 Å². The zero-order valence-corrected chi connectivity index (χ0v) is 23.4. The van der Waals surface area contributed by atoms with Crippen LogP contribution in [0.5, 0.6) is 0 Å². The number of likely N-dealkylation sites (N-methyl/N-ethyl adjacent to an activating group) is 1. The largest absolute Gasteiger partial charge is 0.450 e. The molecule has 1 atom stereocenters. The fourth-order valence-electron chi connectivity index (χ4n) is 5.59. The number of anilines is 2. The number of benzene rings is 3. The van der Waals surface area contributed by atoms with Crippen molar-refractivity contribution in [2.75, 3.05) is 16.8 Å². The van der Waals surface area contributed by atoms with Crippen molar-refractivity contribution in [1.29, 1.82) is 0 Å². The third-order valence-corrected chi connectivity index (χ3v) is 9.78. The Labute approximate surface area is 237 Å². The average molecular weight is 567 g/mol. The molecule has 10 heteroatoms. The molecule has 2 amide bonds. The number of hydrogen-bond donors (Lipinski definition) is 0. The van der Waals surface area contributed by atoms with Crippen molar-refractivity contribution in [2.24, 2.45) is 0 Å². The highest BCUT2D eigenvalue weighted by molar-refractivity contribution is 8.00. The lowest BCUT2D eigenvalue weighted by molar-refractivity contribution is -0.121. The standard InChI is InChI=1S/C30H22N4O4S2/c1-16-13-19-22(14-17(16)2)38-25-23(24(19)35)30(20-11-7-8-12-21(20)33(3)27(30)37)34(26(25)36)28-31-32-29(40-28)39-15-18-9-5-4-6-10-18/h4-14H,15H2,1-3H3. The molecule has 0 fully saturated rings. The first-order valence-electron chi connectivity index (χ1n) is 12.6. The predicted molar refractivity (Wildman–Crippen MR) is 155 cm³/mol. The van der Waals surface area contributed by atoms with Crippen LogP contribution in [0, 0.1) is 13.8 Å². The Kier molecular flexibility index (Phi) is 5.48. The predicted octanol–water partition coefficient (Wildman–Crippen LogP) is 5.43. The van der Waals surface area contributed by atoms with Crippen molar-refractivity contribution < 1.29 is 14.0 Å². The van der Waals surface area contributed by atoms with Crippen LogP contribution < -0.4 is 15.2 Å². The Balaban J connectivity index is 1.45. The maximum Gasteiger partial charge on any atom is 0.297 e. The van der Waals surface area contributed by atoms with E-state index in [1.54, 1.807) is 37.4 Å². The van der Waals surface area contributed by atoms with Crippen molar-refractivity contribution in [3.8, 4) is 0 Å². The Morgan fingerprint density at radius 1 is 0.950 bits per heavy atom. The molecular formula is C30H22N4O4S2. The zero-order chi connectivity index (χ0) is 27.8. The number of rotatable bonds is 4. The van der Waals surface area contributed by atoms with Gasteiger partial charge in [-0.2, -0.15) is 0 Å². The van der Waals surface area contributed by atoms with Gasteiger partial charge < -0.3 is 9.32 Å². The number of fused-ring (bicyclic) bond motifs is 5. The summed E-state index contributed by atoms with van der Waals surface area (Å²) >= 11 is 2.70. The van der Waals surface area contributed by atoms with Crippen LogP contribution in [-0.4, -0.2) is 29.1 Å². The fourth-order valence-corrected chi connectivity index (χ4v) is 7.44. The van der Waals surface area contributed by atoms with E-state index < -0.39 is 22.8 Å². The van der Waals surface area contributed by atoms with Crippen LogP contribution in [0.1, 0.15) is 38.4 Å². The Morgan fingerprint density at radius 3 is 2.48 bits per heavy atom. The molecule has 0 saturated carbocycles. The number of carbonyl (C=O) groups is 2. The van der Waals surface area contributed by atoms with Gasteiger partial charge in [0.15, 0.2) is 15.3 Å². The SMILES string of the molecule is Cc1cc2oc3c(c(=O)c2cc1C)C1(C(=O)N(C)c2ccccc21)N(c1nnc(SCc2ccccc2)s1)C3=O. The number of carbonyl (C=O) groups excluding carboxylic acids is 2. The topological polar surface area (TPSA) is 96.6 Å². The van der Waals surface area contributed by atoms with Gasteiger partial charge >= 0.3 is 0 Å². The second-order valence-corrected chi connectivity index (χ2v) is 12.1. The molecular weight excluding hydrogens is 544 g/mol. The molecule has 2 aromatic heterocycles. The summed E-state index contributed by atoms with van der Waals surface area (Å²) in [6.07, 6.45) is 0. The first-order chi connectivity index (χ1) is 19.3. The van der Waals surface area contributed by atoms with Crippen molar-refractivity contribution >= 4 is 56.7 Å². The zero-order valence-electron chi connectivity index (χ0n) is 21.8. The summed E-state index contributed by atoms with van der Waals surface area (Å²) < 4.78 is 6.81. The van der Waals surface area contributed by atoms with E-state index in [2.05, 4.69) is 10.2 Å². The van der Waals surface area contributed by atoms with Gasteiger partial charge in [-0.25, -0.2) is 0 Å². The Hall–Kier alpha value is -4.28. The lowest BCUT2D eigenvalue weighted by Gasteiger charge is -2.31. The second kappa shape index (κ2) is 8.87. The molecule has 3 aromatic carbocycles. The lowest BCUT2D eigenvalue weighted by atomic mass is 9.84. The maximum absolute atomic E-state index is 14.3. The van der Waals surface area contributed by atoms with E-state index >= 15 is 0 Å². The second-order valence-electron chi connectivity index (χ2n) is 9.93. The van der Waals surface area contributed by atoms with Crippen LogP contribution in [-0.2, 0) is 16.1 Å². The number of amides is 2. The van der Waals surface area contributed by atoms with Crippen LogP contribution in [0.15, 0.2) is 80.3 Å². The first-order valence-corrected chi connectivity index (χ1v) is 14.4. The third kappa shape index (κ3) is 3.29. The lowest BCUT2D eigenvalue weighted by Crippen LogP contribution is -2.53. The molecule has 0 aliphatic carbocycles. The molecule has 40 heavy (non-hydrogen) atoms. The van der Waals surface area contributed by atoms with Gasteiger partial charge in [0, 0.05) is 24.1 Å². The fraction of sp³-hybridized carbons (Fsp3) is 0.167. The summed E-state index contributed by atoms with van der Waals surface area (Å²) in [5.74, 6) is -0.497. The van der Waals surface area contributed by atoms with E-state index in [4.69, 9.17) is 4.42 Å². The minimum Gasteiger partial charge on any atom is -0.450 e. The molecule has 8 nitrogen and oxygen atoms in total. The van der Waals surface area contributed by atoms with E-state index in [1.807, 2.05) is 50.2 Å². The summed E-state index contributed by atoms with van der Waals surface area (Å²) in [4.78, 5) is 45.6. The highest BCUT2D eigenvalue weighted by atomic mass is 32.2. The summed E-state index contributed by atoms with van der Waals surface area (Å²) in [7, 11) is 1.65. The van der Waals surface area contributed by atoms with E-state index in [0.717, 1.165) is 16.7 Å². The Bertz CT molecular complexity index is 1930.